The minimum absolute atomic E-state index is 0.0961. The van der Waals surface area contributed by atoms with Gasteiger partial charge in [-0.2, -0.15) is 0 Å². The van der Waals surface area contributed by atoms with E-state index >= 15 is 0 Å². The molecule has 0 atom stereocenters. The summed E-state index contributed by atoms with van der Waals surface area (Å²) in [4.78, 5) is 22.8. The van der Waals surface area contributed by atoms with Crippen LogP contribution in [0.3, 0.4) is 0 Å². The first kappa shape index (κ1) is 18.3. The number of para-hydroxylation sites is 2. The van der Waals surface area contributed by atoms with E-state index in [0.29, 0.717) is 18.8 Å². The van der Waals surface area contributed by atoms with Gasteiger partial charge in [-0.05, 0) is 47.3 Å². The number of hydrogen-bond donors (Lipinski definition) is 1. The maximum Gasteiger partial charge on any atom is 0.268 e. The minimum atomic E-state index is -0.0961. The summed E-state index contributed by atoms with van der Waals surface area (Å²) in [6.07, 6.45) is 5.49. The molecule has 0 saturated carbocycles. The van der Waals surface area contributed by atoms with Crippen molar-refractivity contribution in [3.8, 4) is 5.82 Å². The molecular formula is C23H19N5OS. The van der Waals surface area contributed by atoms with E-state index in [2.05, 4.69) is 21.4 Å². The second-order valence-corrected chi connectivity index (χ2v) is 7.94. The van der Waals surface area contributed by atoms with Crippen molar-refractivity contribution >= 4 is 28.3 Å². The van der Waals surface area contributed by atoms with Crippen LogP contribution >= 0.6 is 11.3 Å². The zero-order chi connectivity index (χ0) is 20.3. The monoisotopic (exact) mass is 413 g/mol. The minimum Gasteiger partial charge on any atom is -0.347 e. The number of benzene rings is 1. The number of nitrogens with zero attached hydrogens (tertiary/aromatic N) is 4. The number of fused-ring (bicyclic) bond motifs is 1. The number of carbonyl (C=O) groups is 1. The van der Waals surface area contributed by atoms with Crippen molar-refractivity contribution in [3.63, 3.8) is 0 Å². The Morgan fingerprint density at radius 1 is 1.00 bits per heavy atom. The first-order valence-corrected chi connectivity index (χ1v) is 10.5. The Labute approximate surface area is 177 Å². The van der Waals surface area contributed by atoms with Gasteiger partial charge in [0.25, 0.3) is 5.91 Å². The molecule has 0 unspecified atom stereocenters. The number of pyridine rings is 1. The second-order valence-electron chi connectivity index (χ2n) is 6.91. The van der Waals surface area contributed by atoms with Gasteiger partial charge >= 0.3 is 0 Å². The molecule has 1 N–H and O–H groups in total. The number of nitrogens with one attached hydrogen (secondary N) is 1. The Morgan fingerprint density at radius 2 is 1.93 bits per heavy atom. The molecule has 0 bridgehead atoms. The van der Waals surface area contributed by atoms with Crippen LogP contribution in [0.5, 0.6) is 0 Å². The molecule has 1 aromatic carbocycles. The highest BCUT2D eigenvalue weighted by Gasteiger charge is 2.11. The van der Waals surface area contributed by atoms with Crippen molar-refractivity contribution in [1.29, 1.82) is 0 Å². The highest BCUT2D eigenvalue weighted by molar-refractivity contribution is 7.09. The molecular weight excluding hydrogens is 394 g/mol. The molecule has 0 radical (unpaired) electrons. The lowest BCUT2D eigenvalue weighted by atomic mass is 10.2. The van der Waals surface area contributed by atoms with E-state index in [1.54, 1.807) is 23.9 Å². The SMILES string of the molecule is O=C(NCc1ccc(-n2cnc3ccccc32)nc1)c1cccn1Cc1cccs1. The van der Waals surface area contributed by atoms with E-state index in [1.165, 1.54) is 4.88 Å². The fraction of sp³-hybridized carbons (Fsp3) is 0.0870. The molecule has 0 aliphatic carbocycles. The highest BCUT2D eigenvalue weighted by atomic mass is 32.1. The Morgan fingerprint density at radius 3 is 2.77 bits per heavy atom. The largest absolute Gasteiger partial charge is 0.347 e. The molecule has 4 heterocycles. The molecule has 4 aromatic heterocycles. The van der Waals surface area contributed by atoms with E-state index in [4.69, 9.17) is 0 Å². The van der Waals surface area contributed by atoms with Crippen molar-refractivity contribution in [3.05, 3.63) is 101 Å². The molecule has 5 aromatic rings. The van der Waals surface area contributed by atoms with Gasteiger partial charge in [-0.3, -0.25) is 9.36 Å². The first-order chi connectivity index (χ1) is 14.8. The van der Waals surface area contributed by atoms with Crippen molar-refractivity contribution in [2.75, 3.05) is 0 Å². The second kappa shape index (κ2) is 7.96. The predicted octanol–water partition coefficient (Wildman–Crippen LogP) is 4.26. The van der Waals surface area contributed by atoms with Gasteiger partial charge < -0.3 is 9.88 Å². The molecule has 30 heavy (non-hydrogen) atoms. The van der Waals surface area contributed by atoms with E-state index in [0.717, 1.165) is 22.4 Å². The summed E-state index contributed by atoms with van der Waals surface area (Å²) in [7, 11) is 0. The topological polar surface area (TPSA) is 64.7 Å². The Bertz CT molecular complexity index is 1280. The van der Waals surface area contributed by atoms with Gasteiger partial charge in [0.05, 0.1) is 17.6 Å². The van der Waals surface area contributed by atoms with Gasteiger partial charge in [0, 0.05) is 23.8 Å². The average molecular weight is 414 g/mol. The summed E-state index contributed by atoms with van der Waals surface area (Å²) in [5, 5.41) is 5.03. The van der Waals surface area contributed by atoms with Crippen LogP contribution in [0.4, 0.5) is 0 Å². The molecule has 0 fully saturated rings. The number of hydrogen-bond acceptors (Lipinski definition) is 4. The van der Waals surface area contributed by atoms with E-state index < -0.39 is 0 Å². The molecule has 0 saturated heterocycles. The van der Waals surface area contributed by atoms with E-state index in [-0.39, 0.29) is 5.91 Å². The summed E-state index contributed by atoms with van der Waals surface area (Å²) >= 11 is 1.69. The Balaban J connectivity index is 1.26. The Hall–Kier alpha value is -3.71. The summed E-state index contributed by atoms with van der Waals surface area (Å²) < 4.78 is 3.92. The summed E-state index contributed by atoms with van der Waals surface area (Å²) in [6, 6.07) is 19.7. The molecule has 6 nitrogen and oxygen atoms in total. The maximum absolute atomic E-state index is 12.7. The molecule has 0 aliphatic heterocycles. The predicted molar refractivity (Wildman–Crippen MR) is 118 cm³/mol. The van der Waals surface area contributed by atoms with E-state index in [9.17, 15) is 4.79 Å². The summed E-state index contributed by atoms with van der Waals surface area (Å²) in [5.74, 6) is 0.699. The molecule has 0 aliphatic rings. The van der Waals surface area contributed by atoms with Crippen LogP contribution in [0, 0.1) is 0 Å². The third-order valence-electron chi connectivity index (χ3n) is 4.93. The van der Waals surface area contributed by atoms with Gasteiger partial charge in [-0.15, -0.1) is 11.3 Å². The normalized spacial score (nSPS) is 11.1. The molecule has 0 spiro atoms. The number of thiophene rings is 1. The van der Waals surface area contributed by atoms with Crippen LogP contribution in [0.15, 0.2) is 84.8 Å². The number of carbonyl (C=O) groups excluding carboxylic acids is 1. The summed E-state index contributed by atoms with van der Waals surface area (Å²) in [6.45, 7) is 1.11. The van der Waals surface area contributed by atoms with Crippen molar-refractivity contribution < 1.29 is 4.79 Å². The summed E-state index contributed by atoms with van der Waals surface area (Å²) in [5.41, 5.74) is 3.53. The lowest BCUT2D eigenvalue weighted by Crippen LogP contribution is -2.25. The third kappa shape index (κ3) is 3.62. The van der Waals surface area contributed by atoms with Crippen LogP contribution in [0.25, 0.3) is 16.9 Å². The Kier molecular flexibility index (Phi) is 4.86. The van der Waals surface area contributed by atoms with Crippen LogP contribution in [0.1, 0.15) is 20.9 Å². The lowest BCUT2D eigenvalue weighted by molar-refractivity contribution is 0.0942. The van der Waals surface area contributed by atoms with E-state index in [1.807, 2.05) is 75.3 Å². The lowest BCUT2D eigenvalue weighted by Gasteiger charge is -2.10. The number of amides is 1. The van der Waals surface area contributed by atoms with Gasteiger partial charge in [0.15, 0.2) is 0 Å². The van der Waals surface area contributed by atoms with Crippen LogP contribution in [0.2, 0.25) is 0 Å². The van der Waals surface area contributed by atoms with Crippen molar-refractivity contribution in [2.24, 2.45) is 0 Å². The van der Waals surface area contributed by atoms with Gasteiger partial charge in [-0.1, -0.05) is 24.3 Å². The zero-order valence-electron chi connectivity index (χ0n) is 16.1. The fourth-order valence-corrected chi connectivity index (χ4v) is 4.11. The number of rotatable bonds is 6. The quantitative estimate of drug-likeness (QED) is 0.452. The standard InChI is InChI=1S/C23H19N5OS/c29-23(21-8-3-11-27(21)15-18-5-4-12-30-18)25-14-17-9-10-22(24-13-17)28-16-26-19-6-1-2-7-20(19)28/h1-13,16H,14-15H2,(H,25,29). The van der Waals surface area contributed by atoms with Gasteiger partial charge in [-0.25, -0.2) is 9.97 Å². The molecule has 148 valence electrons. The average Bonchev–Trinajstić information content (AvgIpc) is 3.54. The first-order valence-electron chi connectivity index (χ1n) is 9.61. The fourth-order valence-electron chi connectivity index (χ4n) is 3.41. The molecule has 7 heteroatoms. The van der Waals surface area contributed by atoms with Crippen molar-refractivity contribution in [1.82, 2.24) is 24.4 Å². The van der Waals surface area contributed by atoms with Crippen molar-refractivity contribution in [2.45, 2.75) is 13.1 Å². The molecule has 1 amide bonds. The van der Waals surface area contributed by atoms with Crippen LogP contribution < -0.4 is 5.32 Å². The van der Waals surface area contributed by atoms with Gasteiger partial charge in [0.2, 0.25) is 0 Å². The van der Waals surface area contributed by atoms with Gasteiger partial charge in [0.1, 0.15) is 17.8 Å². The zero-order valence-corrected chi connectivity index (χ0v) is 16.9. The smallest absolute Gasteiger partial charge is 0.268 e. The van der Waals surface area contributed by atoms with Crippen LogP contribution in [-0.2, 0) is 13.1 Å². The number of aromatic nitrogens is 4. The maximum atomic E-state index is 12.7. The van der Waals surface area contributed by atoms with Crippen LogP contribution in [-0.4, -0.2) is 25.0 Å². The number of imidazole rings is 1. The third-order valence-corrected chi connectivity index (χ3v) is 5.79. The molecule has 5 rings (SSSR count). The highest BCUT2D eigenvalue weighted by Crippen LogP contribution is 2.17.